The van der Waals surface area contributed by atoms with E-state index >= 15 is 0 Å². The zero-order chi connectivity index (χ0) is 18.0. The number of halogens is 1. The molecular formula is C19H26FN3O2. The second-order valence-corrected chi connectivity index (χ2v) is 7.29. The van der Waals surface area contributed by atoms with Gasteiger partial charge in [0.15, 0.2) is 0 Å². The Morgan fingerprint density at radius 3 is 2.52 bits per heavy atom. The van der Waals surface area contributed by atoms with Crippen LogP contribution in [0, 0.1) is 5.82 Å². The SMILES string of the molecule is CC(C)N1CCC(c2ccc(N[C@@H]3CCC(=O)NC3=O)cc2F)CC1. The Hall–Kier alpha value is -1.95. The van der Waals surface area contributed by atoms with Crippen LogP contribution in [0.25, 0.3) is 0 Å². The Morgan fingerprint density at radius 1 is 1.20 bits per heavy atom. The average Bonchev–Trinajstić information content (AvgIpc) is 2.58. The predicted octanol–water partition coefficient (Wildman–Crippen LogP) is 2.63. The molecule has 3 rings (SSSR count). The summed E-state index contributed by atoms with van der Waals surface area (Å²) in [5.41, 5.74) is 1.34. The summed E-state index contributed by atoms with van der Waals surface area (Å²) >= 11 is 0. The Kier molecular flexibility index (Phi) is 5.37. The van der Waals surface area contributed by atoms with Crippen molar-refractivity contribution in [2.24, 2.45) is 0 Å². The van der Waals surface area contributed by atoms with Crippen LogP contribution in [0.2, 0.25) is 0 Å². The molecule has 1 aromatic carbocycles. The van der Waals surface area contributed by atoms with E-state index in [-0.39, 0.29) is 23.5 Å². The number of piperidine rings is 2. The van der Waals surface area contributed by atoms with E-state index in [0.29, 0.717) is 24.6 Å². The molecule has 0 bridgehead atoms. The molecule has 25 heavy (non-hydrogen) atoms. The fourth-order valence-corrected chi connectivity index (χ4v) is 3.71. The minimum atomic E-state index is -0.489. The summed E-state index contributed by atoms with van der Waals surface area (Å²) < 4.78 is 14.6. The van der Waals surface area contributed by atoms with Crippen molar-refractivity contribution in [1.29, 1.82) is 0 Å². The molecule has 2 amide bonds. The zero-order valence-corrected chi connectivity index (χ0v) is 14.8. The van der Waals surface area contributed by atoms with Crippen LogP contribution in [0.5, 0.6) is 0 Å². The summed E-state index contributed by atoms with van der Waals surface area (Å²) in [6.07, 6.45) is 2.67. The van der Waals surface area contributed by atoms with Crippen molar-refractivity contribution in [3.8, 4) is 0 Å². The molecular weight excluding hydrogens is 321 g/mol. The maximum absolute atomic E-state index is 14.6. The highest BCUT2D eigenvalue weighted by atomic mass is 19.1. The molecule has 0 saturated carbocycles. The largest absolute Gasteiger partial charge is 0.374 e. The van der Waals surface area contributed by atoms with Gasteiger partial charge in [0.05, 0.1) is 0 Å². The molecule has 2 aliphatic rings. The highest BCUT2D eigenvalue weighted by molar-refractivity contribution is 6.01. The number of benzene rings is 1. The number of carbonyl (C=O) groups excluding carboxylic acids is 2. The van der Waals surface area contributed by atoms with Crippen molar-refractivity contribution in [2.75, 3.05) is 18.4 Å². The van der Waals surface area contributed by atoms with Crippen molar-refractivity contribution >= 4 is 17.5 Å². The second kappa shape index (κ2) is 7.52. The summed E-state index contributed by atoms with van der Waals surface area (Å²) in [7, 11) is 0. The highest BCUT2D eigenvalue weighted by Crippen LogP contribution is 2.31. The number of nitrogens with zero attached hydrogens (tertiary/aromatic N) is 1. The third-order valence-corrected chi connectivity index (χ3v) is 5.28. The lowest BCUT2D eigenvalue weighted by atomic mass is 9.88. The topological polar surface area (TPSA) is 61.4 Å². The number of nitrogens with one attached hydrogen (secondary N) is 2. The number of imide groups is 1. The summed E-state index contributed by atoms with van der Waals surface area (Å²) in [4.78, 5) is 25.4. The van der Waals surface area contributed by atoms with Crippen LogP contribution in [-0.4, -0.2) is 41.9 Å². The summed E-state index contributed by atoms with van der Waals surface area (Å²) in [5, 5.41) is 5.33. The van der Waals surface area contributed by atoms with Crippen LogP contribution in [0.4, 0.5) is 10.1 Å². The minimum Gasteiger partial charge on any atom is -0.374 e. The first-order valence-electron chi connectivity index (χ1n) is 9.07. The van der Waals surface area contributed by atoms with Gasteiger partial charge in [-0.05, 0) is 69.8 Å². The molecule has 2 aliphatic heterocycles. The van der Waals surface area contributed by atoms with Gasteiger partial charge < -0.3 is 10.2 Å². The van der Waals surface area contributed by atoms with E-state index < -0.39 is 6.04 Å². The maximum Gasteiger partial charge on any atom is 0.249 e. The Labute approximate surface area is 148 Å². The third-order valence-electron chi connectivity index (χ3n) is 5.28. The van der Waals surface area contributed by atoms with Gasteiger partial charge in [0.2, 0.25) is 11.8 Å². The molecule has 2 heterocycles. The standard InChI is InChI=1S/C19H26FN3O2/c1-12(2)23-9-7-13(8-10-23)15-4-3-14(11-16(15)20)21-17-5-6-18(24)22-19(17)25/h3-4,11-13,17,21H,5-10H2,1-2H3,(H,22,24,25)/t17-/m1/s1. The van der Waals surface area contributed by atoms with Crippen molar-refractivity contribution in [2.45, 2.75) is 57.5 Å². The molecule has 2 fully saturated rings. The summed E-state index contributed by atoms with van der Waals surface area (Å²) in [6.45, 7) is 6.38. The first-order chi connectivity index (χ1) is 11.9. The lowest BCUT2D eigenvalue weighted by molar-refractivity contribution is -0.133. The fourth-order valence-electron chi connectivity index (χ4n) is 3.71. The van der Waals surface area contributed by atoms with Gasteiger partial charge in [-0.2, -0.15) is 0 Å². The van der Waals surface area contributed by atoms with E-state index in [1.54, 1.807) is 0 Å². The molecule has 6 heteroatoms. The van der Waals surface area contributed by atoms with Crippen molar-refractivity contribution in [1.82, 2.24) is 10.2 Å². The molecule has 2 N–H and O–H groups in total. The molecule has 0 radical (unpaired) electrons. The molecule has 0 spiro atoms. The molecule has 0 aliphatic carbocycles. The van der Waals surface area contributed by atoms with E-state index in [0.717, 1.165) is 31.5 Å². The lowest BCUT2D eigenvalue weighted by Gasteiger charge is -2.35. The van der Waals surface area contributed by atoms with Gasteiger partial charge in [-0.15, -0.1) is 0 Å². The third kappa shape index (κ3) is 4.18. The predicted molar refractivity (Wildman–Crippen MR) is 94.9 cm³/mol. The Balaban J connectivity index is 1.63. The Bertz CT molecular complexity index is 654. The minimum absolute atomic E-state index is 0.222. The van der Waals surface area contributed by atoms with E-state index in [9.17, 15) is 14.0 Å². The van der Waals surface area contributed by atoms with Crippen LogP contribution in [0.1, 0.15) is 51.0 Å². The monoisotopic (exact) mass is 347 g/mol. The van der Waals surface area contributed by atoms with Gasteiger partial charge in [0.1, 0.15) is 11.9 Å². The van der Waals surface area contributed by atoms with Crippen LogP contribution in [-0.2, 0) is 9.59 Å². The average molecular weight is 347 g/mol. The summed E-state index contributed by atoms with van der Waals surface area (Å²) in [5.74, 6) is -0.570. The number of anilines is 1. The van der Waals surface area contributed by atoms with Gasteiger partial charge >= 0.3 is 0 Å². The molecule has 2 saturated heterocycles. The number of hydrogen-bond acceptors (Lipinski definition) is 4. The number of hydrogen-bond donors (Lipinski definition) is 2. The molecule has 5 nitrogen and oxygen atoms in total. The Morgan fingerprint density at radius 2 is 1.92 bits per heavy atom. The van der Waals surface area contributed by atoms with Crippen molar-refractivity contribution < 1.29 is 14.0 Å². The second-order valence-electron chi connectivity index (χ2n) is 7.29. The fraction of sp³-hybridized carbons (Fsp3) is 0.579. The van der Waals surface area contributed by atoms with E-state index in [4.69, 9.17) is 0 Å². The van der Waals surface area contributed by atoms with Crippen LogP contribution >= 0.6 is 0 Å². The quantitative estimate of drug-likeness (QED) is 0.822. The highest BCUT2D eigenvalue weighted by Gasteiger charge is 2.27. The van der Waals surface area contributed by atoms with Crippen molar-refractivity contribution in [3.05, 3.63) is 29.6 Å². The van der Waals surface area contributed by atoms with Crippen molar-refractivity contribution in [3.63, 3.8) is 0 Å². The number of likely N-dealkylation sites (tertiary alicyclic amines) is 1. The molecule has 0 unspecified atom stereocenters. The van der Waals surface area contributed by atoms with Crippen LogP contribution in [0.3, 0.4) is 0 Å². The molecule has 136 valence electrons. The van der Waals surface area contributed by atoms with Gasteiger partial charge in [0.25, 0.3) is 0 Å². The van der Waals surface area contributed by atoms with Crippen LogP contribution < -0.4 is 10.6 Å². The van der Waals surface area contributed by atoms with E-state index in [1.807, 2.05) is 12.1 Å². The van der Waals surface area contributed by atoms with Gasteiger partial charge in [-0.25, -0.2) is 4.39 Å². The smallest absolute Gasteiger partial charge is 0.249 e. The molecule has 0 aromatic heterocycles. The number of amides is 2. The first kappa shape index (κ1) is 17.9. The normalized spacial score (nSPS) is 23.0. The first-order valence-corrected chi connectivity index (χ1v) is 9.07. The van der Waals surface area contributed by atoms with E-state index in [2.05, 4.69) is 29.4 Å². The van der Waals surface area contributed by atoms with Gasteiger partial charge in [0, 0.05) is 18.2 Å². The van der Waals surface area contributed by atoms with Crippen LogP contribution in [0.15, 0.2) is 18.2 Å². The number of carbonyl (C=O) groups is 2. The number of rotatable bonds is 4. The molecule has 1 atom stereocenters. The zero-order valence-electron chi connectivity index (χ0n) is 14.8. The summed E-state index contributed by atoms with van der Waals surface area (Å²) in [6, 6.07) is 5.17. The van der Waals surface area contributed by atoms with E-state index in [1.165, 1.54) is 6.07 Å². The molecule has 1 aromatic rings. The van der Waals surface area contributed by atoms with Gasteiger partial charge in [-0.3, -0.25) is 14.9 Å². The lowest BCUT2D eigenvalue weighted by Crippen LogP contribution is -2.47. The maximum atomic E-state index is 14.6. The van der Waals surface area contributed by atoms with Gasteiger partial charge in [-0.1, -0.05) is 6.07 Å².